The molecule has 0 saturated carbocycles. The number of piperidine rings is 3. The lowest BCUT2D eigenvalue weighted by atomic mass is 9.71. The fourth-order valence-corrected chi connectivity index (χ4v) is 4.98. The molecule has 23 heavy (non-hydrogen) atoms. The van der Waals surface area contributed by atoms with Gasteiger partial charge in [-0.15, -0.1) is 10.2 Å². The van der Waals surface area contributed by atoms with Crippen LogP contribution < -0.4 is 23.5 Å². The van der Waals surface area contributed by atoms with Gasteiger partial charge in [-0.05, 0) is 31.8 Å². The van der Waals surface area contributed by atoms with Crippen molar-refractivity contribution in [1.29, 1.82) is 0 Å². The van der Waals surface area contributed by atoms with E-state index in [1.54, 1.807) is 6.08 Å². The third-order valence-electron chi connectivity index (χ3n) is 5.76. The van der Waals surface area contributed by atoms with E-state index in [0.29, 0.717) is 11.8 Å². The molecule has 0 aromatic carbocycles. The number of rotatable bonds is 0. The van der Waals surface area contributed by atoms with E-state index in [1.807, 2.05) is 4.90 Å². The van der Waals surface area contributed by atoms with Crippen molar-refractivity contribution in [1.82, 2.24) is 4.90 Å². The van der Waals surface area contributed by atoms with E-state index >= 15 is 0 Å². The topological polar surface area (TPSA) is 117 Å². The zero-order valence-electron chi connectivity index (χ0n) is 13.0. The van der Waals surface area contributed by atoms with Crippen LogP contribution in [0.3, 0.4) is 0 Å². The molecule has 4 aliphatic heterocycles. The molecule has 8 heteroatoms. The molecule has 4 aliphatic rings. The molecule has 0 amide bonds. The summed E-state index contributed by atoms with van der Waals surface area (Å²) in [5.41, 5.74) is 0. The molecule has 0 radical (unpaired) electrons. The van der Waals surface area contributed by atoms with Gasteiger partial charge in [-0.3, -0.25) is 4.79 Å². The van der Waals surface area contributed by atoms with Gasteiger partial charge in [-0.25, -0.2) is 18.6 Å². The molecular formula is C15H23ClN2O5. The van der Waals surface area contributed by atoms with Crippen LogP contribution in [0.5, 0.6) is 0 Å². The summed E-state index contributed by atoms with van der Waals surface area (Å²) in [6.07, 6.45) is 10.3. The number of hydrogen-bond donors (Lipinski definition) is 1. The van der Waals surface area contributed by atoms with E-state index in [2.05, 4.69) is 11.1 Å². The van der Waals surface area contributed by atoms with E-state index in [1.165, 1.54) is 45.3 Å². The summed E-state index contributed by atoms with van der Waals surface area (Å²) in [5, 5.41) is 0. The Bertz CT molecular complexity index is 475. The van der Waals surface area contributed by atoms with Crippen LogP contribution in [0.2, 0.25) is 0 Å². The van der Waals surface area contributed by atoms with Gasteiger partial charge in [0.2, 0.25) is 0 Å². The van der Waals surface area contributed by atoms with Crippen LogP contribution in [0.25, 0.3) is 0 Å². The first-order chi connectivity index (χ1) is 10.8. The molecule has 7 nitrogen and oxygen atoms in total. The number of nitrogens with zero attached hydrogens (tertiary/aromatic N) is 1. The van der Waals surface area contributed by atoms with Gasteiger partial charge in [0, 0.05) is 37.0 Å². The van der Waals surface area contributed by atoms with Crippen LogP contribution in [0.4, 0.5) is 0 Å². The lowest BCUT2D eigenvalue weighted by Gasteiger charge is -2.54. The quantitative estimate of drug-likeness (QED) is 0.472. The Kier molecular flexibility index (Phi) is 4.96. The summed E-state index contributed by atoms with van der Waals surface area (Å²) in [6, 6.07) is 1.44. The van der Waals surface area contributed by atoms with Crippen molar-refractivity contribution in [2.75, 3.05) is 19.6 Å². The zero-order chi connectivity index (χ0) is 16.6. The highest BCUT2D eigenvalue weighted by Crippen LogP contribution is 2.36. The lowest BCUT2D eigenvalue weighted by Crippen LogP contribution is -3.19. The second-order valence-corrected chi connectivity index (χ2v) is 7.85. The van der Waals surface area contributed by atoms with Gasteiger partial charge in [-0.1, -0.05) is 0 Å². The summed E-state index contributed by atoms with van der Waals surface area (Å²) in [5.74, 6) is 1.99. The molecular weight excluding hydrogens is 324 g/mol. The number of fused-ring (bicyclic) bond motifs is 6. The summed E-state index contributed by atoms with van der Waals surface area (Å²) < 4.78 is 34.0. The minimum absolute atomic E-state index is 0.338. The van der Waals surface area contributed by atoms with Crippen LogP contribution in [0, 0.1) is 22.1 Å². The second kappa shape index (κ2) is 6.66. The molecule has 1 N–H and O–H groups in total. The van der Waals surface area contributed by atoms with Crippen LogP contribution in [-0.2, 0) is 4.79 Å². The van der Waals surface area contributed by atoms with Gasteiger partial charge in [0.25, 0.3) is 0 Å². The largest absolute Gasteiger partial charge is 0.373 e. The molecule has 0 spiro atoms. The minimum atomic E-state index is -4.94. The van der Waals surface area contributed by atoms with Crippen LogP contribution >= 0.6 is 0 Å². The van der Waals surface area contributed by atoms with Gasteiger partial charge < -0.3 is 9.80 Å². The zero-order valence-corrected chi connectivity index (χ0v) is 13.7. The van der Waals surface area contributed by atoms with E-state index in [4.69, 9.17) is 18.6 Å². The van der Waals surface area contributed by atoms with Gasteiger partial charge in [0.05, 0.1) is 19.1 Å². The van der Waals surface area contributed by atoms with Crippen molar-refractivity contribution in [2.45, 2.75) is 44.2 Å². The molecule has 0 aromatic heterocycles. The Hall–Kier alpha value is -0.700. The summed E-state index contributed by atoms with van der Waals surface area (Å²) >= 11 is 0. The molecule has 0 aromatic rings. The van der Waals surface area contributed by atoms with Crippen molar-refractivity contribution < 1.29 is 38.6 Å². The lowest BCUT2D eigenvalue weighted by molar-refractivity contribution is -2.00. The molecule has 3 saturated heterocycles. The van der Waals surface area contributed by atoms with Crippen LogP contribution in [0.15, 0.2) is 12.3 Å². The highest BCUT2D eigenvalue weighted by molar-refractivity contribution is 5.90. The predicted molar refractivity (Wildman–Crippen MR) is 69.2 cm³/mol. The third-order valence-corrected chi connectivity index (χ3v) is 5.76. The summed E-state index contributed by atoms with van der Waals surface area (Å²) in [6.45, 7) is 3.91. The molecule has 4 rings (SSSR count). The van der Waals surface area contributed by atoms with E-state index in [9.17, 15) is 4.79 Å². The number of carbonyl (C=O) groups is 1. The normalized spacial score (nSPS) is 39.0. The standard InChI is InChI=1S/C15H22N2O.ClHO4/c18-13-4-6-17-9-11-7-12(15(17)8-13)10-16-5-2-1-3-14(11)16;2-1(3,4)5/h4,6,11-12,14-15H,1-3,5,7-10H2;(H,2,3,4,5)/t11-,12?,14-,15+;/m0./s1. The Labute approximate surface area is 137 Å². The van der Waals surface area contributed by atoms with E-state index < -0.39 is 10.2 Å². The average Bonchev–Trinajstić information content (AvgIpc) is 2.47. The fourth-order valence-electron chi connectivity index (χ4n) is 4.98. The Balaban J connectivity index is 0.000000276. The monoisotopic (exact) mass is 346 g/mol. The Morgan fingerprint density at radius 2 is 1.91 bits per heavy atom. The number of allylic oxidation sites excluding steroid dienone is 1. The number of carbonyl (C=O) groups excluding carboxylic acids is 1. The average molecular weight is 347 g/mol. The van der Waals surface area contributed by atoms with Gasteiger partial charge in [0.1, 0.15) is 0 Å². The molecule has 2 unspecified atom stereocenters. The smallest absolute Gasteiger partial charge is 0.159 e. The maximum Gasteiger partial charge on any atom is 0.159 e. The predicted octanol–water partition coefficient (Wildman–Crippen LogP) is -4.53. The van der Waals surface area contributed by atoms with Crippen molar-refractivity contribution in [3.63, 3.8) is 0 Å². The molecule has 5 atom stereocenters. The Morgan fingerprint density at radius 3 is 2.65 bits per heavy atom. The highest BCUT2D eigenvalue weighted by atomic mass is 35.7. The first kappa shape index (κ1) is 17.1. The van der Waals surface area contributed by atoms with Gasteiger partial charge >= 0.3 is 0 Å². The Morgan fingerprint density at radius 1 is 1.17 bits per heavy atom. The van der Waals surface area contributed by atoms with Crippen LogP contribution in [-0.4, -0.2) is 42.4 Å². The highest BCUT2D eigenvalue weighted by Gasteiger charge is 2.48. The second-order valence-electron chi connectivity index (χ2n) is 7.10. The summed E-state index contributed by atoms with van der Waals surface area (Å²) in [4.78, 5) is 16.0. The fraction of sp³-hybridized carbons (Fsp3) is 0.800. The third kappa shape index (κ3) is 4.23. The van der Waals surface area contributed by atoms with Crippen molar-refractivity contribution in [3.05, 3.63) is 12.3 Å². The molecule has 130 valence electrons. The first-order valence-electron chi connectivity index (χ1n) is 8.24. The number of hydrogen-bond acceptors (Lipinski definition) is 6. The van der Waals surface area contributed by atoms with E-state index in [0.717, 1.165) is 24.3 Å². The molecule has 0 aliphatic carbocycles. The SMILES string of the molecule is O=C1C=CN2C[C@@H]3CC(C[NH+]4CCCC[C@@H]34)[C@H]2C1.[O-][Cl+3]([O-])([O-])[O-]. The maximum atomic E-state index is 11.6. The first-order valence-corrected chi connectivity index (χ1v) is 9.48. The molecule has 3 fully saturated rings. The molecule has 2 bridgehead atoms. The molecule has 4 heterocycles. The summed E-state index contributed by atoms with van der Waals surface area (Å²) in [7, 11) is -4.94. The van der Waals surface area contributed by atoms with Gasteiger partial charge in [-0.2, -0.15) is 0 Å². The number of quaternary nitrogens is 1. The van der Waals surface area contributed by atoms with Crippen molar-refractivity contribution in [2.24, 2.45) is 11.8 Å². The number of halogens is 1. The number of ketones is 1. The van der Waals surface area contributed by atoms with Crippen molar-refractivity contribution >= 4 is 5.78 Å². The number of nitrogens with one attached hydrogen (secondary N) is 1. The minimum Gasteiger partial charge on any atom is -0.373 e. The van der Waals surface area contributed by atoms with Crippen molar-refractivity contribution in [3.8, 4) is 0 Å². The van der Waals surface area contributed by atoms with Crippen LogP contribution in [0.1, 0.15) is 32.1 Å². The maximum absolute atomic E-state index is 11.6. The van der Waals surface area contributed by atoms with Gasteiger partial charge in [0.15, 0.2) is 5.78 Å². The van der Waals surface area contributed by atoms with E-state index in [-0.39, 0.29) is 0 Å².